The normalized spacial score (nSPS) is 14.8. The predicted octanol–water partition coefficient (Wildman–Crippen LogP) is 1.53. The molecule has 2 amide bonds. The van der Waals surface area contributed by atoms with Crippen LogP contribution >= 0.6 is 0 Å². The van der Waals surface area contributed by atoms with E-state index in [9.17, 15) is 9.59 Å². The highest BCUT2D eigenvalue weighted by Crippen LogP contribution is 2.22. The highest BCUT2D eigenvalue weighted by Gasteiger charge is 2.39. The number of unbranched alkanes of at least 4 members (excludes halogenated alkanes) is 1. The van der Waals surface area contributed by atoms with E-state index in [2.05, 4.69) is 20.4 Å². The lowest BCUT2D eigenvalue weighted by Crippen LogP contribution is -2.35. The Bertz CT molecular complexity index is 767. The number of amides is 2. The number of anilines is 4. The second-order valence-corrected chi connectivity index (χ2v) is 6.37. The smallest absolute Gasteiger partial charge is 0.258 e. The summed E-state index contributed by atoms with van der Waals surface area (Å²) in [6.45, 7) is 7.71. The fourth-order valence-corrected chi connectivity index (χ4v) is 2.57. The van der Waals surface area contributed by atoms with Crippen molar-refractivity contribution >= 4 is 35.3 Å². The molecule has 11 nitrogen and oxygen atoms in total. The lowest BCUT2D eigenvalue weighted by Gasteiger charge is -2.14. The number of para-hydroxylation sites is 1. The number of ether oxygens (including phenoxy) is 1. The first-order valence-electron chi connectivity index (χ1n) is 10.1. The van der Waals surface area contributed by atoms with Gasteiger partial charge in [0.15, 0.2) is 0 Å². The average Bonchev–Trinajstić information content (AvgIpc) is 3.01. The Morgan fingerprint density at radius 1 is 0.935 bits per heavy atom. The highest BCUT2D eigenvalue weighted by molar-refractivity contribution is 6.14. The molecule has 1 saturated heterocycles. The molecule has 0 aliphatic carbocycles. The Balaban J connectivity index is 0.000000287. The third-order valence-corrected chi connectivity index (χ3v) is 4.01. The average molecular weight is 433 g/mol. The van der Waals surface area contributed by atoms with Gasteiger partial charge in [-0.3, -0.25) is 15.0 Å². The summed E-state index contributed by atoms with van der Waals surface area (Å²) in [6, 6.07) is 9.17. The van der Waals surface area contributed by atoms with Crippen LogP contribution in [0.5, 0.6) is 0 Å². The molecule has 3 rings (SSSR count). The number of nitrogens with two attached hydrogens (primary N) is 3. The number of rotatable bonds is 6. The van der Waals surface area contributed by atoms with E-state index in [4.69, 9.17) is 21.9 Å². The molecule has 1 unspecified atom stereocenters. The van der Waals surface area contributed by atoms with Crippen LogP contribution in [0.25, 0.3) is 0 Å². The molecule has 0 bridgehead atoms. The Hall–Kier alpha value is -3.47. The molecule has 1 aromatic carbocycles. The molecule has 1 aliphatic heterocycles. The first-order chi connectivity index (χ1) is 14.8. The molecule has 11 heteroatoms. The van der Waals surface area contributed by atoms with Crippen molar-refractivity contribution in [3.63, 3.8) is 0 Å². The monoisotopic (exact) mass is 432 g/mol. The summed E-state index contributed by atoms with van der Waals surface area (Å²) in [7, 11) is 0. The third-order valence-electron chi connectivity index (χ3n) is 4.01. The molecule has 1 aliphatic rings. The summed E-state index contributed by atoms with van der Waals surface area (Å²) in [5.41, 5.74) is 18.7. The van der Waals surface area contributed by atoms with E-state index >= 15 is 0 Å². The van der Waals surface area contributed by atoms with Crippen LogP contribution in [0.1, 0.15) is 40.0 Å². The summed E-state index contributed by atoms with van der Waals surface area (Å²) in [6.07, 6.45) is 2.51. The van der Waals surface area contributed by atoms with Crippen LogP contribution in [0.4, 0.5) is 23.5 Å². The van der Waals surface area contributed by atoms with Crippen molar-refractivity contribution in [1.29, 1.82) is 0 Å². The summed E-state index contributed by atoms with van der Waals surface area (Å²) < 4.78 is 4.83. The molecular formula is C20H32N8O3. The van der Waals surface area contributed by atoms with Gasteiger partial charge in [0.25, 0.3) is 11.8 Å². The largest absolute Gasteiger partial charge is 0.382 e. The first-order valence-corrected chi connectivity index (χ1v) is 10.1. The number of aromatic nitrogens is 3. The molecular weight excluding hydrogens is 400 g/mol. The number of nitrogens with one attached hydrogen (secondary N) is 1. The number of hydrazine groups is 1. The summed E-state index contributed by atoms with van der Waals surface area (Å²) in [5.74, 6) is -0.725. The van der Waals surface area contributed by atoms with Gasteiger partial charge in [-0.25, -0.2) is 5.01 Å². The molecule has 1 fully saturated rings. The van der Waals surface area contributed by atoms with Gasteiger partial charge >= 0.3 is 0 Å². The van der Waals surface area contributed by atoms with Crippen molar-refractivity contribution < 1.29 is 14.3 Å². The van der Waals surface area contributed by atoms with E-state index in [-0.39, 0.29) is 29.7 Å². The Morgan fingerprint density at radius 2 is 1.45 bits per heavy atom. The van der Waals surface area contributed by atoms with Gasteiger partial charge in [0.05, 0.1) is 5.69 Å². The number of nitrogens with zero attached hydrogens (tertiary/aromatic N) is 4. The van der Waals surface area contributed by atoms with Gasteiger partial charge in [-0.05, 0) is 32.4 Å². The fraction of sp³-hybridized carbons (Fsp3) is 0.450. The molecule has 170 valence electrons. The zero-order valence-corrected chi connectivity index (χ0v) is 18.2. The maximum absolute atomic E-state index is 12.1. The van der Waals surface area contributed by atoms with Crippen LogP contribution in [0, 0.1) is 5.92 Å². The Labute approximate surface area is 182 Å². The third kappa shape index (κ3) is 8.83. The molecule has 0 spiro atoms. The second kappa shape index (κ2) is 13.7. The van der Waals surface area contributed by atoms with E-state index in [1.807, 2.05) is 39.0 Å². The SMILES string of the molecule is CCCCC1C(=O)NN(c2ccccc2)C1=O.CCOCC.Nc1nc(N)nc(N)n1. The predicted molar refractivity (Wildman–Crippen MR) is 120 cm³/mol. The summed E-state index contributed by atoms with van der Waals surface area (Å²) >= 11 is 0. The molecule has 1 atom stereocenters. The van der Waals surface area contributed by atoms with Gasteiger partial charge < -0.3 is 21.9 Å². The fourth-order valence-electron chi connectivity index (χ4n) is 2.57. The van der Waals surface area contributed by atoms with Gasteiger partial charge in [-0.15, -0.1) is 0 Å². The first kappa shape index (κ1) is 25.6. The number of carbonyl (C=O) groups is 2. The van der Waals surface area contributed by atoms with Crippen LogP contribution in [-0.4, -0.2) is 40.0 Å². The van der Waals surface area contributed by atoms with Gasteiger partial charge in [0, 0.05) is 13.2 Å². The van der Waals surface area contributed by atoms with Gasteiger partial charge in [-0.2, -0.15) is 15.0 Å². The van der Waals surface area contributed by atoms with Crippen molar-refractivity contribution in [3.05, 3.63) is 30.3 Å². The number of carbonyl (C=O) groups excluding carboxylic acids is 2. The maximum Gasteiger partial charge on any atom is 0.258 e. The van der Waals surface area contributed by atoms with Crippen LogP contribution in [0.15, 0.2) is 30.3 Å². The van der Waals surface area contributed by atoms with Gasteiger partial charge in [-0.1, -0.05) is 38.0 Å². The number of nitrogen functional groups attached to an aromatic ring is 3. The van der Waals surface area contributed by atoms with Gasteiger partial charge in [0.1, 0.15) is 5.92 Å². The minimum atomic E-state index is -0.518. The van der Waals surface area contributed by atoms with Crippen LogP contribution in [0.3, 0.4) is 0 Å². The zero-order chi connectivity index (χ0) is 23.2. The van der Waals surface area contributed by atoms with Crippen LogP contribution < -0.4 is 27.6 Å². The number of hydrogen-bond acceptors (Lipinski definition) is 9. The van der Waals surface area contributed by atoms with Crippen molar-refractivity contribution in [2.24, 2.45) is 5.92 Å². The van der Waals surface area contributed by atoms with Crippen molar-refractivity contribution in [2.45, 2.75) is 40.0 Å². The molecule has 2 aromatic rings. The molecule has 1 aromatic heterocycles. The van der Waals surface area contributed by atoms with Gasteiger partial charge in [0.2, 0.25) is 17.8 Å². The Morgan fingerprint density at radius 3 is 1.87 bits per heavy atom. The van der Waals surface area contributed by atoms with E-state index in [1.165, 1.54) is 5.01 Å². The molecule has 2 heterocycles. The maximum atomic E-state index is 12.1. The standard InChI is InChI=1S/C13H16N2O2.C4H10O.C3H6N6/c1-2-3-9-11-12(16)14-15(13(11)17)10-7-5-4-6-8-10;1-3-5-4-2;4-1-7-2(5)9-3(6)8-1/h4-8,11H,2-3,9H2,1H3,(H,14,16);3-4H2,1-2H3;(H6,4,5,6,7,8,9). The van der Waals surface area contributed by atoms with E-state index in [0.29, 0.717) is 12.1 Å². The zero-order valence-electron chi connectivity index (χ0n) is 18.2. The van der Waals surface area contributed by atoms with Crippen LogP contribution in [0.2, 0.25) is 0 Å². The van der Waals surface area contributed by atoms with E-state index < -0.39 is 5.92 Å². The van der Waals surface area contributed by atoms with E-state index in [1.54, 1.807) is 12.1 Å². The molecule has 31 heavy (non-hydrogen) atoms. The molecule has 7 N–H and O–H groups in total. The quantitative estimate of drug-likeness (QED) is 0.493. The molecule has 0 radical (unpaired) electrons. The summed E-state index contributed by atoms with van der Waals surface area (Å²) in [4.78, 5) is 34.2. The van der Waals surface area contributed by atoms with Crippen LogP contribution in [-0.2, 0) is 14.3 Å². The minimum absolute atomic E-state index is 0.0417. The lowest BCUT2D eigenvalue weighted by atomic mass is 10.0. The lowest BCUT2D eigenvalue weighted by molar-refractivity contribution is -0.127. The van der Waals surface area contributed by atoms with Crippen molar-refractivity contribution in [1.82, 2.24) is 20.4 Å². The van der Waals surface area contributed by atoms with Crippen molar-refractivity contribution in [3.8, 4) is 0 Å². The second-order valence-electron chi connectivity index (χ2n) is 6.37. The summed E-state index contributed by atoms with van der Waals surface area (Å²) in [5, 5.41) is 1.35. The topological polar surface area (TPSA) is 175 Å². The highest BCUT2D eigenvalue weighted by atomic mass is 16.5. The minimum Gasteiger partial charge on any atom is -0.382 e. The Kier molecular flexibility index (Phi) is 11.3. The number of hydrogen-bond donors (Lipinski definition) is 4. The van der Waals surface area contributed by atoms with Crippen molar-refractivity contribution in [2.75, 3.05) is 35.4 Å². The number of benzene rings is 1. The molecule has 0 saturated carbocycles. The van der Waals surface area contributed by atoms with E-state index in [0.717, 1.165) is 26.1 Å².